The summed E-state index contributed by atoms with van der Waals surface area (Å²) in [5, 5.41) is 15.1. The molecule has 0 aromatic heterocycles. The number of aliphatic hydroxyl groups is 1. The summed E-state index contributed by atoms with van der Waals surface area (Å²) >= 11 is 0. The van der Waals surface area contributed by atoms with Crippen LogP contribution < -0.4 is 10.6 Å². The lowest BCUT2D eigenvalue weighted by molar-refractivity contribution is -0.125. The van der Waals surface area contributed by atoms with Gasteiger partial charge >= 0.3 is 0 Å². The second-order valence-corrected chi connectivity index (χ2v) is 4.62. The Morgan fingerprint density at radius 3 is 2.24 bits per heavy atom. The summed E-state index contributed by atoms with van der Waals surface area (Å²) in [6.45, 7) is 7.88. The highest BCUT2D eigenvalue weighted by atomic mass is 16.3. The first kappa shape index (κ1) is 16.4. The first-order valence-corrected chi connectivity index (χ1v) is 6.78. The molecule has 1 unspecified atom stereocenters. The molecule has 0 fully saturated rings. The highest BCUT2D eigenvalue weighted by Crippen LogP contribution is 2.13. The second kappa shape index (κ2) is 10.5. The van der Waals surface area contributed by atoms with Crippen LogP contribution in [0.3, 0.4) is 0 Å². The lowest BCUT2D eigenvalue weighted by atomic mass is 9.97. The number of hydrogen-bond acceptors (Lipinski definition) is 3. The van der Waals surface area contributed by atoms with Crippen LogP contribution in [0.25, 0.3) is 0 Å². The molecule has 0 saturated heterocycles. The molecule has 0 radical (unpaired) electrons. The number of nitrogens with one attached hydrogen (secondary N) is 2. The van der Waals surface area contributed by atoms with Gasteiger partial charge in [-0.1, -0.05) is 26.7 Å². The SMILES string of the molecule is CCCC(CCC)C(=O)NCCNCC(C)O. The average molecular weight is 244 g/mol. The summed E-state index contributed by atoms with van der Waals surface area (Å²) in [7, 11) is 0. The summed E-state index contributed by atoms with van der Waals surface area (Å²) in [4.78, 5) is 11.8. The molecule has 0 bridgehead atoms. The van der Waals surface area contributed by atoms with Crippen molar-refractivity contribution in [2.24, 2.45) is 5.92 Å². The average Bonchev–Trinajstić information content (AvgIpc) is 2.27. The summed E-state index contributed by atoms with van der Waals surface area (Å²) in [6.07, 6.45) is 3.72. The zero-order chi connectivity index (χ0) is 13.1. The van der Waals surface area contributed by atoms with Crippen molar-refractivity contribution in [3.8, 4) is 0 Å². The number of hydrogen-bond donors (Lipinski definition) is 3. The maximum Gasteiger partial charge on any atom is 0.223 e. The minimum Gasteiger partial charge on any atom is -0.392 e. The molecular weight excluding hydrogens is 216 g/mol. The first-order chi connectivity index (χ1) is 8.11. The van der Waals surface area contributed by atoms with Crippen molar-refractivity contribution in [2.75, 3.05) is 19.6 Å². The number of carbonyl (C=O) groups is 1. The van der Waals surface area contributed by atoms with Crippen molar-refractivity contribution in [1.82, 2.24) is 10.6 Å². The van der Waals surface area contributed by atoms with Crippen LogP contribution >= 0.6 is 0 Å². The predicted molar refractivity (Wildman–Crippen MR) is 70.9 cm³/mol. The largest absolute Gasteiger partial charge is 0.392 e. The molecule has 4 heteroatoms. The lowest BCUT2D eigenvalue weighted by Gasteiger charge is -2.15. The van der Waals surface area contributed by atoms with Gasteiger partial charge in [-0.05, 0) is 19.8 Å². The Morgan fingerprint density at radius 2 is 1.76 bits per heavy atom. The smallest absolute Gasteiger partial charge is 0.223 e. The van der Waals surface area contributed by atoms with Gasteiger partial charge in [-0.3, -0.25) is 4.79 Å². The van der Waals surface area contributed by atoms with E-state index in [1.807, 2.05) is 0 Å². The van der Waals surface area contributed by atoms with Gasteiger partial charge in [0.1, 0.15) is 0 Å². The molecule has 4 nitrogen and oxygen atoms in total. The highest BCUT2D eigenvalue weighted by molar-refractivity contribution is 5.78. The standard InChI is InChI=1S/C13H28N2O2/c1-4-6-12(7-5-2)13(17)15-9-8-14-10-11(3)16/h11-12,14,16H,4-10H2,1-3H3,(H,15,17). The fourth-order valence-corrected chi connectivity index (χ4v) is 1.83. The van der Waals surface area contributed by atoms with Crippen LogP contribution in [0.5, 0.6) is 0 Å². The Kier molecular flexibility index (Phi) is 10.2. The van der Waals surface area contributed by atoms with Crippen molar-refractivity contribution in [2.45, 2.75) is 52.6 Å². The molecule has 0 aromatic rings. The molecule has 0 aliphatic heterocycles. The van der Waals surface area contributed by atoms with E-state index in [0.29, 0.717) is 19.6 Å². The lowest BCUT2D eigenvalue weighted by Crippen LogP contribution is -2.37. The maximum absolute atomic E-state index is 11.8. The van der Waals surface area contributed by atoms with Crippen molar-refractivity contribution < 1.29 is 9.90 Å². The van der Waals surface area contributed by atoms with Crippen molar-refractivity contribution in [3.05, 3.63) is 0 Å². The van der Waals surface area contributed by atoms with Crippen LogP contribution in [-0.4, -0.2) is 36.8 Å². The number of amides is 1. The fourth-order valence-electron chi connectivity index (χ4n) is 1.83. The number of aliphatic hydroxyl groups excluding tert-OH is 1. The van der Waals surface area contributed by atoms with E-state index in [4.69, 9.17) is 5.11 Å². The second-order valence-electron chi connectivity index (χ2n) is 4.62. The van der Waals surface area contributed by atoms with Crippen LogP contribution in [0.4, 0.5) is 0 Å². The van der Waals surface area contributed by atoms with Gasteiger partial charge in [-0.15, -0.1) is 0 Å². The molecule has 0 aromatic carbocycles. The van der Waals surface area contributed by atoms with Gasteiger partial charge in [0.2, 0.25) is 5.91 Å². The maximum atomic E-state index is 11.8. The van der Waals surface area contributed by atoms with E-state index in [1.165, 1.54) is 0 Å². The molecule has 0 rings (SSSR count). The predicted octanol–water partition coefficient (Wildman–Crippen LogP) is 1.29. The molecule has 0 saturated carbocycles. The van der Waals surface area contributed by atoms with E-state index >= 15 is 0 Å². The van der Waals surface area contributed by atoms with Crippen LogP contribution in [0.1, 0.15) is 46.5 Å². The Bertz CT molecular complexity index is 190. The topological polar surface area (TPSA) is 61.4 Å². The number of carbonyl (C=O) groups excluding carboxylic acids is 1. The zero-order valence-corrected chi connectivity index (χ0v) is 11.5. The third-order valence-corrected chi connectivity index (χ3v) is 2.69. The monoisotopic (exact) mass is 244 g/mol. The van der Waals surface area contributed by atoms with Crippen molar-refractivity contribution in [1.29, 1.82) is 0 Å². The molecule has 102 valence electrons. The van der Waals surface area contributed by atoms with Crippen molar-refractivity contribution in [3.63, 3.8) is 0 Å². The zero-order valence-electron chi connectivity index (χ0n) is 11.5. The third-order valence-electron chi connectivity index (χ3n) is 2.69. The van der Waals surface area contributed by atoms with E-state index < -0.39 is 0 Å². The molecule has 1 atom stereocenters. The molecule has 3 N–H and O–H groups in total. The Labute approximate surface area is 105 Å². The minimum atomic E-state index is -0.335. The fraction of sp³-hybridized carbons (Fsp3) is 0.923. The highest BCUT2D eigenvalue weighted by Gasteiger charge is 2.15. The molecule has 0 aliphatic rings. The van der Waals surface area contributed by atoms with E-state index in [1.54, 1.807) is 6.92 Å². The Balaban J connectivity index is 3.66. The molecule has 0 spiro atoms. The Morgan fingerprint density at radius 1 is 1.18 bits per heavy atom. The van der Waals surface area contributed by atoms with Gasteiger partial charge in [0.15, 0.2) is 0 Å². The summed E-state index contributed by atoms with van der Waals surface area (Å²) in [5.74, 6) is 0.342. The summed E-state index contributed by atoms with van der Waals surface area (Å²) in [6, 6.07) is 0. The first-order valence-electron chi connectivity index (χ1n) is 6.78. The van der Waals surface area contributed by atoms with E-state index in [2.05, 4.69) is 24.5 Å². The van der Waals surface area contributed by atoms with Gasteiger partial charge in [-0.2, -0.15) is 0 Å². The molecule has 1 amide bonds. The van der Waals surface area contributed by atoms with Crippen LogP contribution in [0.2, 0.25) is 0 Å². The minimum absolute atomic E-state index is 0.168. The van der Waals surface area contributed by atoms with Crippen LogP contribution in [0.15, 0.2) is 0 Å². The summed E-state index contributed by atoms with van der Waals surface area (Å²) < 4.78 is 0. The van der Waals surface area contributed by atoms with E-state index in [0.717, 1.165) is 25.7 Å². The van der Waals surface area contributed by atoms with E-state index in [9.17, 15) is 4.79 Å². The van der Waals surface area contributed by atoms with Crippen LogP contribution in [0, 0.1) is 5.92 Å². The normalized spacial score (nSPS) is 12.8. The molecular formula is C13H28N2O2. The Hall–Kier alpha value is -0.610. The van der Waals surface area contributed by atoms with Crippen molar-refractivity contribution >= 4 is 5.91 Å². The number of rotatable bonds is 10. The van der Waals surface area contributed by atoms with Gasteiger partial charge in [-0.25, -0.2) is 0 Å². The molecule has 0 heterocycles. The van der Waals surface area contributed by atoms with Gasteiger partial charge in [0.05, 0.1) is 6.10 Å². The molecule has 17 heavy (non-hydrogen) atoms. The van der Waals surface area contributed by atoms with Crippen LogP contribution in [-0.2, 0) is 4.79 Å². The van der Waals surface area contributed by atoms with Gasteiger partial charge < -0.3 is 15.7 Å². The van der Waals surface area contributed by atoms with E-state index in [-0.39, 0.29) is 17.9 Å². The summed E-state index contributed by atoms with van der Waals surface area (Å²) in [5.41, 5.74) is 0. The quantitative estimate of drug-likeness (QED) is 0.507. The van der Waals surface area contributed by atoms with Gasteiger partial charge in [0.25, 0.3) is 0 Å². The third kappa shape index (κ3) is 9.12. The van der Waals surface area contributed by atoms with Gasteiger partial charge in [0, 0.05) is 25.6 Å². The molecule has 0 aliphatic carbocycles.